The number of nitrogens with zero attached hydrogens (tertiary/aromatic N) is 5. The van der Waals surface area contributed by atoms with E-state index in [1.165, 1.54) is 0 Å². The SMILES string of the molecule is Cc1cc(C)cc(C(=O)N(C)CCCCN2CCN(c3nccc4cccnc34)CC2)c1. The smallest absolute Gasteiger partial charge is 0.253 e. The van der Waals surface area contributed by atoms with Crippen LogP contribution in [0.4, 0.5) is 5.82 Å². The van der Waals surface area contributed by atoms with Gasteiger partial charge in [0.15, 0.2) is 5.82 Å². The summed E-state index contributed by atoms with van der Waals surface area (Å²) in [5, 5.41) is 1.14. The van der Waals surface area contributed by atoms with Gasteiger partial charge in [0, 0.05) is 63.1 Å². The molecule has 0 aliphatic carbocycles. The maximum absolute atomic E-state index is 12.7. The van der Waals surface area contributed by atoms with Gasteiger partial charge in [-0.05, 0) is 57.5 Å². The summed E-state index contributed by atoms with van der Waals surface area (Å²) >= 11 is 0. The number of hydrogen-bond acceptors (Lipinski definition) is 5. The Bertz CT molecular complexity index is 1050. The molecule has 6 nitrogen and oxygen atoms in total. The van der Waals surface area contributed by atoms with Crippen LogP contribution in [-0.2, 0) is 0 Å². The third kappa shape index (κ3) is 5.25. The number of amides is 1. The van der Waals surface area contributed by atoms with Gasteiger partial charge in [0.25, 0.3) is 5.91 Å². The Hall–Kier alpha value is -2.99. The van der Waals surface area contributed by atoms with Crippen LogP contribution < -0.4 is 4.90 Å². The maximum Gasteiger partial charge on any atom is 0.253 e. The molecule has 1 aromatic carbocycles. The minimum atomic E-state index is 0.113. The number of aromatic nitrogens is 2. The lowest BCUT2D eigenvalue weighted by atomic mass is 10.1. The minimum Gasteiger partial charge on any atom is -0.352 e. The summed E-state index contributed by atoms with van der Waals surface area (Å²) in [5.74, 6) is 1.11. The van der Waals surface area contributed by atoms with Gasteiger partial charge in [-0.3, -0.25) is 14.7 Å². The van der Waals surface area contributed by atoms with Crippen molar-refractivity contribution in [1.82, 2.24) is 19.8 Å². The Balaban J connectivity index is 1.21. The van der Waals surface area contributed by atoms with Gasteiger partial charge in [-0.2, -0.15) is 0 Å². The van der Waals surface area contributed by atoms with Crippen molar-refractivity contribution in [2.24, 2.45) is 0 Å². The van der Waals surface area contributed by atoms with E-state index in [1.807, 2.05) is 62.5 Å². The van der Waals surface area contributed by atoms with Gasteiger partial charge in [0.1, 0.15) is 5.52 Å². The second-order valence-corrected chi connectivity index (χ2v) is 8.85. The van der Waals surface area contributed by atoms with E-state index in [-0.39, 0.29) is 5.91 Å². The van der Waals surface area contributed by atoms with Crippen LogP contribution in [0, 0.1) is 13.8 Å². The predicted molar refractivity (Wildman–Crippen MR) is 130 cm³/mol. The van der Waals surface area contributed by atoms with E-state index < -0.39 is 0 Å². The highest BCUT2D eigenvalue weighted by atomic mass is 16.2. The normalized spacial score (nSPS) is 14.7. The van der Waals surface area contributed by atoms with Gasteiger partial charge in [-0.1, -0.05) is 23.3 Å². The molecule has 1 aliphatic heterocycles. The summed E-state index contributed by atoms with van der Waals surface area (Å²) in [6.07, 6.45) is 5.83. The summed E-state index contributed by atoms with van der Waals surface area (Å²) in [7, 11) is 1.91. The molecule has 1 fully saturated rings. The van der Waals surface area contributed by atoms with E-state index in [0.717, 1.165) is 85.5 Å². The van der Waals surface area contributed by atoms with E-state index in [9.17, 15) is 4.79 Å². The largest absolute Gasteiger partial charge is 0.352 e. The molecule has 0 bridgehead atoms. The van der Waals surface area contributed by atoms with E-state index >= 15 is 0 Å². The molecule has 168 valence electrons. The zero-order valence-electron chi connectivity index (χ0n) is 19.4. The Kier molecular flexibility index (Phi) is 7.00. The van der Waals surface area contributed by atoms with Gasteiger partial charge in [-0.25, -0.2) is 4.98 Å². The monoisotopic (exact) mass is 431 g/mol. The summed E-state index contributed by atoms with van der Waals surface area (Å²) in [5.41, 5.74) is 4.04. The quantitative estimate of drug-likeness (QED) is 0.531. The van der Waals surface area contributed by atoms with Crippen molar-refractivity contribution in [3.63, 3.8) is 0 Å². The molecule has 0 spiro atoms. The topological polar surface area (TPSA) is 52.6 Å². The van der Waals surface area contributed by atoms with Gasteiger partial charge >= 0.3 is 0 Å². The fourth-order valence-corrected chi connectivity index (χ4v) is 4.51. The van der Waals surface area contributed by atoms with Gasteiger partial charge in [0.05, 0.1) is 0 Å². The Morgan fingerprint density at radius 2 is 1.72 bits per heavy atom. The molecule has 0 unspecified atom stereocenters. The highest BCUT2D eigenvalue weighted by Gasteiger charge is 2.20. The van der Waals surface area contributed by atoms with Crippen LogP contribution in [-0.4, -0.2) is 72.0 Å². The highest BCUT2D eigenvalue weighted by Crippen LogP contribution is 2.23. The van der Waals surface area contributed by atoms with Gasteiger partial charge in [0.2, 0.25) is 0 Å². The van der Waals surface area contributed by atoms with Crippen LogP contribution in [0.2, 0.25) is 0 Å². The molecule has 1 aliphatic rings. The summed E-state index contributed by atoms with van der Waals surface area (Å²) in [6, 6.07) is 12.1. The first kappa shape index (κ1) is 22.2. The number of pyridine rings is 2. The first-order valence-corrected chi connectivity index (χ1v) is 11.5. The molecule has 0 radical (unpaired) electrons. The molecule has 1 amide bonds. The molecule has 0 atom stereocenters. The molecule has 0 N–H and O–H groups in total. The molecule has 1 saturated heterocycles. The fourth-order valence-electron chi connectivity index (χ4n) is 4.51. The summed E-state index contributed by atoms with van der Waals surface area (Å²) in [6.45, 7) is 9.93. The maximum atomic E-state index is 12.7. The lowest BCUT2D eigenvalue weighted by Crippen LogP contribution is -2.47. The van der Waals surface area contributed by atoms with Gasteiger partial charge in [-0.15, -0.1) is 0 Å². The van der Waals surface area contributed by atoms with Crippen molar-refractivity contribution in [3.8, 4) is 0 Å². The fraction of sp³-hybridized carbons (Fsp3) is 0.423. The third-order valence-corrected chi connectivity index (χ3v) is 6.21. The molecule has 3 aromatic rings. The van der Waals surface area contributed by atoms with Crippen molar-refractivity contribution < 1.29 is 4.79 Å². The van der Waals surface area contributed by atoms with Crippen LogP contribution >= 0.6 is 0 Å². The van der Waals surface area contributed by atoms with Crippen LogP contribution in [0.15, 0.2) is 48.8 Å². The Morgan fingerprint density at radius 3 is 2.47 bits per heavy atom. The average molecular weight is 432 g/mol. The van der Waals surface area contributed by atoms with Crippen LogP contribution in [0.25, 0.3) is 10.9 Å². The molecular formula is C26H33N5O. The number of hydrogen-bond donors (Lipinski definition) is 0. The third-order valence-electron chi connectivity index (χ3n) is 6.21. The average Bonchev–Trinajstić information content (AvgIpc) is 2.80. The van der Waals surface area contributed by atoms with E-state index in [1.54, 1.807) is 0 Å². The van der Waals surface area contributed by atoms with E-state index in [4.69, 9.17) is 0 Å². The standard InChI is InChI=1S/C26H33N5O/c1-20-17-21(2)19-23(18-20)26(32)29(3)11-4-5-12-30-13-15-31(16-14-30)25-24-22(8-10-28-25)7-6-9-27-24/h6-10,17-19H,4-5,11-16H2,1-3H3. The number of anilines is 1. The van der Waals surface area contributed by atoms with Crippen molar-refractivity contribution in [3.05, 3.63) is 65.5 Å². The molecule has 3 heterocycles. The number of unbranched alkanes of at least 4 members (excludes halogenated alkanes) is 1. The molecule has 6 heteroatoms. The summed E-state index contributed by atoms with van der Waals surface area (Å²) in [4.78, 5) is 28.6. The van der Waals surface area contributed by atoms with Crippen molar-refractivity contribution >= 4 is 22.6 Å². The van der Waals surface area contributed by atoms with Crippen molar-refractivity contribution in [2.45, 2.75) is 26.7 Å². The van der Waals surface area contributed by atoms with E-state index in [2.05, 4.69) is 31.9 Å². The number of benzene rings is 1. The van der Waals surface area contributed by atoms with Gasteiger partial charge < -0.3 is 9.80 Å². The van der Waals surface area contributed by atoms with Crippen LogP contribution in [0.5, 0.6) is 0 Å². The summed E-state index contributed by atoms with van der Waals surface area (Å²) < 4.78 is 0. The number of aryl methyl sites for hydroxylation is 2. The predicted octanol–water partition coefficient (Wildman–Crippen LogP) is 3.92. The Morgan fingerprint density at radius 1 is 0.969 bits per heavy atom. The molecule has 32 heavy (non-hydrogen) atoms. The highest BCUT2D eigenvalue weighted by molar-refractivity contribution is 5.94. The molecule has 0 saturated carbocycles. The van der Waals surface area contributed by atoms with E-state index in [0.29, 0.717) is 0 Å². The van der Waals surface area contributed by atoms with Crippen LogP contribution in [0.1, 0.15) is 34.3 Å². The number of rotatable bonds is 7. The molecule has 2 aromatic heterocycles. The first-order chi connectivity index (χ1) is 15.5. The Labute approximate surface area is 190 Å². The lowest BCUT2D eigenvalue weighted by molar-refractivity contribution is 0.0791. The van der Waals surface area contributed by atoms with Crippen molar-refractivity contribution in [1.29, 1.82) is 0 Å². The number of piperazine rings is 1. The first-order valence-electron chi connectivity index (χ1n) is 11.5. The number of fused-ring (bicyclic) bond motifs is 1. The van der Waals surface area contributed by atoms with Crippen molar-refractivity contribution in [2.75, 3.05) is 51.2 Å². The second-order valence-electron chi connectivity index (χ2n) is 8.85. The van der Waals surface area contributed by atoms with Crippen LogP contribution in [0.3, 0.4) is 0 Å². The number of carbonyl (C=O) groups excluding carboxylic acids is 1. The molecule has 4 rings (SSSR count). The minimum absolute atomic E-state index is 0.113. The molecular weight excluding hydrogens is 398 g/mol. The number of carbonyl (C=O) groups is 1. The lowest BCUT2D eigenvalue weighted by Gasteiger charge is -2.35. The second kappa shape index (κ2) is 10.1. The zero-order chi connectivity index (χ0) is 22.5. The zero-order valence-corrected chi connectivity index (χ0v) is 19.4.